The molecule has 2 rings (SSSR count). The van der Waals surface area contributed by atoms with Gasteiger partial charge in [0.1, 0.15) is 5.58 Å². The van der Waals surface area contributed by atoms with Crippen LogP contribution in [0.25, 0.3) is 11.0 Å². The molecule has 0 aliphatic heterocycles. The fraction of sp³-hybridized carbons (Fsp3) is 0.400. The second kappa shape index (κ2) is 5.22. The summed E-state index contributed by atoms with van der Waals surface area (Å²) in [6, 6.07) is 5.61. The highest BCUT2D eigenvalue weighted by molar-refractivity contribution is 9.10. The van der Waals surface area contributed by atoms with Crippen molar-refractivity contribution in [1.29, 1.82) is 0 Å². The number of carbonyl (C=O) groups is 1. The first-order valence-electron chi connectivity index (χ1n) is 6.41. The average Bonchev–Trinajstić information content (AvgIpc) is 2.66. The summed E-state index contributed by atoms with van der Waals surface area (Å²) in [6.45, 7) is 7.03. The highest BCUT2D eigenvalue weighted by atomic mass is 79.9. The fourth-order valence-electron chi connectivity index (χ4n) is 1.86. The van der Waals surface area contributed by atoms with Crippen molar-refractivity contribution in [3.05, 3.63) is 34.0 Å². The van der Waals surface area contributed by atoms with Crippen molar-refractivity contribution in [2.75, 3.05) is 0 Å². The van der Waals surface area contributed by atoms with Crippen LogP contribution in [0.3, 0.4) is 0 Å². The van der Waals surface area contributed by atoms with Crippen molar-refractivity contribution in [3.63, 3.8) is 0 Å². The Morgan fingerprint density at radius 1 is 1.45 bits per heavy atom. The van der Waals surface area contributed by atoms with Crippen LogP contribution in [0, 0.1) is 6.92 Å². The molecule has 1 unspecified atom stereocenters. The molecule has 0 aliphatic rings. The van der Waals surface area contributed by atoms with Gasteiger partial charge in [-0.05, 0) is 45.9 Å². The van der Waals surface area contributed by atoms with Crippen molar-refractivity contribution in [3.8, 4) is 0 Å². The molecule has 108 valence electrons. The van der Waals surface area contributed by atoms with Crippen molar-refractivity contribution >= 4 is 32.8 Å². The highest BCUT2D eigenvalue weighted by Gasteiger charge is 2.29. The van der Waals surface area contributed by atoms with E-state index >= 15 is 0 Å². The monoisotopic (exact) mass is 339 g/mol. The van der Waals surface area contributed by atoms with Gasteiger partial charge >= 0.3 is 0 Å². The van der Waals surface area contributed by atoms with Crippen molar-refractivity contribution in [1.82, 2.24) is 5.32 Å². The molecule has 1 heterocycles. The molecule has 20 heavy (non-hydrogen) atoms. The molecule has 0 aliphatic carbocycles. The number of hydrogen-bond donors (Lipinski definition) is 2. The number of fused-ring (bicyclic) bond motifs is 1. The lowest BCUT2D eigenvalue weighted by Crippen LogP contribution is -2.51. The Morgan fingerprint density at radius 3 is 2.70 bits per heavy atom. The fourth-order valence-corrected chi connectivity index (χ4v) is 2.22. The number of benzene rings is 1. The number of hydrogen-bond acceptors (Lipinski definition) is 3. The number of aliphatic hydroxyl groups is 1. The summed E-state index contributed by atoms with van der Waals surface area (Å²) < 4.78 is 6.56. The van der Waals surface area contributed by atoms with Crippen LogP contribution in [0.2, 0.25) is 0 Å². The van der Waals surface area contributed by atoms with E-state index in [1.165, 1.54) is 0 Å². The van der Waals surface area contributed by atoms with Gasteiger partial charge in [0.05, 0.1) is 11.6 Å². The SMILES string of the molecule is Cc1c(C(=O)NC(C)(C)C(C)O)oc2ccc(Br)cc12. The normalized spacial score (nSPS) is 13.5. The average molecular weight is 340 g/mol. The van der Waals surface area contributed by atoms with Gasteiger partial charge in [0.2, 0.25) is 0 Å². The van der Waals surface area contributed by atoms with E-state index in [1.807, 2.05) is 25.1 Å². The third-order valence-electron chi connectivity index (χ3n) is 3.58. The number of furan rings is 1. The van der Waals surface area contributed by atoms with Crippen LogP contribution in [0.15, 0.2) is 27.1 Å². The molecular formula is C15H18BrNO3. The van der Waals surface area contributed by atoms with Gasteiger partial charge in [-0.2, -0.15) is 0 Å². The van der Waals surface area contributed by atoms with Crippen LogP contribution in [0.1, 0.15) is 36.9 Å². The number of nitrogens with one attached hydrogen (secondary N) is 1. The zero-order valence-electron chi connectivity index (χ0n) is 12.0. The van der Waals surface area contributed by atoms with Crippen LogP contribution in [-0.4, -0.2) is 22.7 Å². The summed E-state index contributed by atoms with van der Waals surface area (Å²) in [6.07, 6.45) is -0.662. The number of carbonyl (C=O) groups excluding carboxylic acids is 1. The third kappa shape index (κ3) is 2.74. The van der Waals surface area contributed by atoms with Crippen LogP contribution >= 0.6 is 15.9 Å². The van der Waals surface area contributed by atoms with Crippen molar-refractivity contribution in [2.45, 2.75) is 39.3 Å². The van der Waals surface area contributed by atoms with Gasteiger partial charge in [0.15, 0.2) is 5.76 Å². The van der Waals surface area contributed by atoms with Gasteiger partial charge in [-0.15, -0.1) is 0 Å². The van der Waals surface area contributed by atoms with Gasteiger partial charge < -0.3 is 14.8 Å². The number of rotatable bonds is 3. The molecule has 4 nitrogen and oxygen atoms in total. The van der Waals surface area contributed by atoms with E-state index in [2.05, 4.69) is 21.2 Å². The molecule has 5 heteroatoms. The molecule has 0 fully saturated rings. The first-order chi connectivity index (χ1) is 9.22. The van der Waals surface area contributed by atoms with Gasteiger partial charge in [-0.1, -0.05) is 15.9 Å². The molecule has 0 saturated carbocycles. The molecule has 0 radical (unpaired) electrons. The van der Waals surface area contributed by atoms with Gasteiger partial charge in [-0.3, -0.25) is 4.79 Å². The standard InChI is InChI=1S/C15H18BrNO3/c1-8-11-7-10(16)5-6-12(11)20-13(8)14(19)17-15(3,4)9(2)18/h5-7,9,18H,1-4H3,(H,17,19). The summed E-state index contributed by atoms with van der Waals surface area (Å²) in [5.41, 5.74) is 0.745. The number of halogens is 1. The lowest BCUT2D eigenvalue weighted by atomic mass is 9.98. The molecule has 0 saturated heterocycles. The Morgan fingerprint density at radius 2 is 2.10 bits per heavy atom. The maximum Gasteiger partial charge on any atom is 0.287 e. The number of aryl methyl sites for hydroxylation is 1. The van der Waals surface area contributed by atoms with E-state index < -0.39 is 11.6 Å². The predicted molar refractivity (Wildman–Crippen MR) is 81.9 cm³/mol. The topological polar surface area (TPSA) is 62.5 Å². The second-order valence-electron chi connectivity index (χ2n) is 5.55. The minimum Gasteiger partial charge on any atom is -0.451 e. The number of aliphatic hydroxyl groups excluding tert-OH is 1. The van der Waals surface area contributed by atoms with E-state index in [0.717, 1.165) is 15.4 Å². The maximum atomic E-state index is 12.3. The molecule has 1 amide bonds. The molecule has 2 N–H and O–H groups in total. The predicted octanol–water partition coefficient (Wildman–Crippen LogP) is 3.39. The molecule has 2 aromatic rings. The lowest BCUT2D eigenvalue weighted by molar-refractivity contribution is 0.0688. The van der Waals surface area contributed by atoms with Crippen LogP contribution in [0.4, 0.5) is 0 Å². The first-order valence-corrected chi connectivity index (χ1v) is 7.21. The van der Waals surface area contributed by atoms with E-state index in [0.29, 0.717) is 5.58 Å². The summed E-state index contributed by atoms with van der Waals surface area (Å²) in [4.78, 5) is 12.3. The third-order valence-corrected chi connectivity index (χ3v) is 4.08. The second-order valence-corrected chi connectivity index (χ2v) is 6.46. The zero-order chi connectivity index (χ0) is 15.1. The molecule has 1 aromatic carbocycles. The van der Waals surface area contributed by atoms with E-state index in [1.54, 1.807) is 20.8 Å². The van der Waals surface area contributed by atoms with E-state index in [4.69, 9.17) is 4.42 Å². The highest BCUT2D eigenvalue weighted by Crippen LogP contribution is 2.28. The molecular weight excluding hydrogens is 322 g/mol. The summed E-state index contributed by atoms with van der Waals surface area (Å²) >= 11 is 3.41. The Hall–Kier alpha value is -1.33. The minimum atomic E-state index is -0.719. The first kappa shape index (κ1) is 15.1. The van der Waals surface area contributed by atoms with Gasteiger partial charge in [0, 0.05) is 15.4 Å². The number of amides is 1. The van der Waals surface area contributed by atoms with Crippen LogP contribution in [0.5, 0.6) is 0 Å². The quantitative estimate of drug-likeness (QED) is 0.900. The molecule has 1 aromatic heterocycles. The zero-order valence-corrected chi connectivity index (χ0v) is 13.5. The summed E-state index contributed by atoms with van der Waals surface area (Å²) in [5, 5.41) is 13.4. The lowest BCUT2D eigenvalue weighted by Gasteiger charge is -2.28. The Bertz CT molecular complexity index is 658. The van der Waals surface area contributed by atoms with Gasteiger partial charge in [0.25, 0.3) is 5.91 Å². The maximum absolute atomic E-state index is 12.3. The smallest absolute Gasteiger partial charge is 0.287 e. The largest absolute Gasteiger partial charge is 0.451 e. The minimum absolute atomic E-state index is 0.284. The Balaban J connectivity index is 2.38. The Labute approximate surface area is 126 Å². The van der Waals surface area contributed by atoms with Crippen molar-refractivity contribution in [2.24, 2.45) is 0 Å². The summed E-state index contributed by atoms with van der Waals surface area (Å²) in [5.74, 6) is -0.0347. The van der Waals surface area contributed by atoms with E-state index in [-0.39, 0.29) is 11.7 Å². The van der Waals surface area contributed by atoms with E-state index in [9.17, 15) is 9.90 Å². The van der Waals surface area contributed by atoms with Crippen LogP contribution in [-0.2, 0) is 0 Å². The summed E-state index contributed by atoms with van der Waals surface area (Å²) in [7, 11) is 0. The molecule has 0 bridgehead atoms. The van der Waals surface area contributed by atoms with Crippen molar-refractivity contribution < 1.29 is 14.3 Å². The van der Waals surface area contributed by atoms with Gasteiger partial charge in [-0.25, -0.2) is 0 Å². The molecule has 1 atom stereocenters. The van der Waals surface area contributed by atoms with Crippen LogP contribution < -0.4 is 5.32 Å². The molecule has 0 spiro atoms. The Kier molecular flexibility index (Phi) is 3.93.